The first-order chi connectivity index (χ1) is 8.08. The molecule has 0 aliphatic rings. The molecule has 0 aromatic heterocycles. The number of ether oxygens (including phenoxy) is 1. The Hall–Kier alpha value is -1.93. The molecule has 0 aliphatic carbocycles. The van der Waals surface area contributed by atoms with Crippen LogP contribution in [0.2, 0.25) is 0 Å². The topological polar surface area (TPSA) is 53.3 Å². The summed E-state index contributed by atoms with van der Waals surface area (Å²) in [6, 6.07) is 6.39. The molecule has 4 nitrogen and oxygen atoms in total. The van der Waals surface area contributed by atoms with Gasteiger partial charge in [-0.15, -0.1) is 0 Å². The number of carbonyl (C=O) groups excluding carboxylic acids is 1. The fraction of sp³-hybridized carbons (Fsp3) is 0.333. The average Bonchev–Trinajstić information content (AvgIpc) is 2.31. The van der Waals surface area contributed by atoms with Crippen LogP contribution in [0.5, 0.6) is 0 Å². The molecule has 0 fully saturated rings. The summed E-state index contributed by atoms with van der Waals surface area (Å²) < 4.78 is 18.2. The van der Waals surface area contributed by atoms with Gasteiger partial charge in [0.15, 0.2) is 0 Å². The lowest BCUT2D eigenvalue weighted by atomic mass is 10.1. The van der Waals surface area contributed by atoms with Crippen molar-refractivity contribution in [1.29, 1.82) is 5.26 Å². The highest BCUT2D eigenvalue weighted by Crippen LogP contribution is 2.13. The third kappa shape index (κ3) is 3.54. The molecule has 0 bridgehead atoms. The maximum atomic E-state index is 13.7. The molecule has 0 unspecified atom stereocenters. The molecule has 90 valence electrons. The van der Waals surface area contributed by atoms with Crippen LogP contribution < -0.4 is 0 Å². The molecule has 0 N–H and O–H groups in total. The normalized spacial score (nSPS) is 10.1. The molecule has 1 aromatic rings. The number of nitriles is 1. The fourth-order valence-corrected chi connectivity index (χ4v) is 1.42. The molecule has 0 saturated carbocycles. The minimum atomic E-state index is -0.535. The van der Waals surface area contributed by atoms with Crippen LogP contribution in [-0.2, 0) is 16.1 Å². The first-order valence-electron chi connectivity index (χ1n) is 5.01. The number of rotatable bonds is 4. The largest absolute Gasteiger partial charge is 0.468 e. The summed E-state index contributed by atoms with van der Waals surface area (Å²) in [6.07, 6.45) is 0. The molecule has 0 atom stereocenters. The van der Waals surface area contributed by atoms with E-state index in [9.17, 15) is 9.18 Å². The van der Waals surface area contributed by atoms with Gasteiger partial charge >= 0.3 is 5.97 Å². The Balaban J connectivity index is 2.75. The summed E-state index contributed by atoms with van der Waals surface area (Å²) in [6.45, 7) is 0.323. The van der Waals surface area contributed by atoms with Gasteiger partial charge < -0.3 is 4.74 Å². The van der Waals surface area contributed by atoms with E-state index >= 15 is 0 Å². The van der Waals surface area contributed by atoms with Gasteiger partial charge in [-0.2, -0.15) is 5.26 Å². The third-order valence-corrected chi connectivity index (χ3v) is 2.27. The zero-order valence-corrected chi connectivity index (χ0v) is 9.74. The molecular weight excluding hydrogens is 223 g/mol. The van der Waals surface area contributed by atoms with Crippen LogP contribution in [0.25, 0.3) is 0 Å². The number of halogens is 1. The molecule has 0 spiro atoms. The third-order valence-electron chi connectivity index (χ3n) is 2.27. The highest BCUT2D eigenvalue weighted by Gasteiger charge is 2.11. The lowest BCUT2D eigenvalue weighted by Gasteiger charge is -2.15. The summed E-state index contributed by atoms with van der Waals surface area (Å²) in [7, 11) is 2.97. The fourth-order valence-electron chi connectivity index (χ4n) is 1.42. The predicted molar refractivity (Wildman–Crippen MR) is 59.5 cm³/mol. The van der Waals surface area contributed by atoms with E-state index in [-0.39, 0.29) is 24.6 Å². The quantitative estimate of drug-likeness (QED) is 0.739. The lowest BCUT2D eigenvalue weighted by molar-refractivity contribution is -0.141. The van der Waals surface area contributed by atoms with Crippen molar-refractivity contribution in [2.75, 3.05) is 20.7 Å². The second-order valence-electron chi connectivity index (χ2n) is 3.64. The Morgan fingerprint density at radius 2 is 2.29 bits per heavy atom. The number of nitrogens with zero attached hydrogens (tertiary/aromatic N) is 2. The molecule has 17 heavy (non-hydrogen) atoms. The first kappa shape index (κ1) is 13.1. The summed E-state index contributed by atoms with van der Waals surface area (Å²) in [4.78, 5) is 12.6. The number of carbonyl (C=O) groups is 1. The number of methoxy groups -OCH3 is 1. The van der Waals surface area contributed by atoms with Crippen LogP contribution in [0, 0.1) is 17.1 Å². The van der Waals surface area contributed by atoms with Gasteiger partial charge in [0.05, 0.1) is 19.2 Å². The Morgan fingerprint density at radius 3 is 2.88 bits per heavy atom. The average molecular weight is 236 g/mol. The molecule has 1 aromatic carbocycles. The summed E-state index contributed by atoms with van der Waals surface area (Å²) in [5.74, 6) is -0.920. The SMILES string of the molecule is COC(=O)CN(C)Cc1cccc(C#N)c1F. The van der Waals surface area contributed by atoms with E-state index in [0.717, 1.165) is 0 Å². The van der Waals surface area contributed by atoms with E-state index in [2.05, 4.69) is 4.74 Å². The molecule has 5 heteroatoms. The van der Waals surface area contributed by atoms with Crippen molar-refractivity contribution in [3.05, 3.63) is 35.1 Å². The second-order valence-corrected chi connectivity index (χ2v) is 3.64. The van der Waals surface area contributed by atoms with Gasteiger partial charge in [-0.05, 0) is 13.1 Å². The van der Waals surface area contributed by atoms with Gasteiger partial charge in [0.25, 0.3) is 0 Å². The van der Waals surface area contributed by atoms with Gasteiger partial charge in [0, 0.05) is 12.1 Å². The number of hydrogen-bond acceptors (Lipinski definition) is 4. The number of benzene rings is 1. The van der Waals surface area contributed by atoms with Crippen LogP contribution in [0.4, 0.5) is 4.39 Å². The molecule has 0 heterocycles. The van der Waals surface area contributed by atoms with Crippen molar-refractivity contribution in [2.24, 2.45) is 0 Å². The van der Waals surface area contributed by atoms with Gasteiger partial charge in [-0.1, -0.05) is 12.1 Å². The smallest absolute Gasteiger partial charge is 0.319 e. The van der Waals surface area contributed by atoms with Crippen molar-refractivity contribution in [3.8, 4) is 6.07 Å². The lowest BCUT2D eigenvalue weighted by Crippen LogP contribution is -2.26. The standard InChI is InChI=1S/C12H13FN2O2/c1-15(8-11(16)17-2)7-10-5-3-4-9(6-14)12(10)13/h3-5H,7-8H2,1-2H3. The molecular formula is C12H13FN2O2. The molecule has 0 radical (unpaired) electrons. The molecule has 0 aliphatic heterocycles. The van der Waals surface area contributed by atoms with E-state index in [1.54, 1.807) is 30.1 Å². The maximum absolute atomic E-state index is 13.7. The van der Waals surface area contributed by atoms with Crippen LogP contribution in [0.1, 0.15) is 11.1 Å². The van der Waals surface area contributed by atoms with Crippen LogP contribution in [-0.4, -0.2) is 31.6 Å². The number of esters is 1. The monoisotopic (exact) mass is 236 g/mol. The van der Waals surface area contributed by atoms with Gasteiger partial charge in [0.1, 0.15) is 11.9 Å². The van der Waals surface area contributed by atoms with Crippen molar-refractivity contribution < 1.29 is 13.9 Å². The van der Waals surface area contributed by atoms with Gasteiger partial charge in [-0.3, -0.25) is 9.69 Å². The highest BCUT2D eigenvalue weighted by atomic mass is 19.1. The van der Waals surface area contributed by atoms with E-state index in [4.69, 9.17) is 5.26 Å². The maximum Gasteiger partial charge on any atom is 0.319 e. The van der Waals surface area contributed by atoms with Crippen molar-refractivity contribution in [2.45, 2.75) is 6.54 Å². The summed E-state index contributed by atoms with van der Waals surface area (Å²) >= 11 is 0. The molecule has 0 saturated heterocycles. The van der Waals surface area contributed by atoms with Crippen LogP contribution >= 0.6 is 0 Å². The summed E-state index contributed by atoms with van der Waals surface area (Å²) in [5.41, 5.74) is 0.393. The number of hydrogen-bond donors (Lipinski definition) is 0. The summed E-state index contributed by atoms with van der Waals surface area (Å²) in [5, 5.41) is 8.68. The predicted octanol–water partition coefficient (Wildman–Crippen LogP) is 1.30. The van der Waals surface area contributed by atoms with Crippen molar-refractivity contribution in [1.82, 2.24) is 4.90 Å². The number of likely N-dealkylation sites (N-methyl/N-ethyl adjacent to an activating group) is 1. The van der Waals surface area contributed by atoms with Gasteiger partial charge in [0.2, 0.25) is 0 Å². The Labute approximate surface area is 99.2 Å². The van der Waals surface area contributed by atoms with Crippen LogP contribution in [0.15, 0.2) is 18.2 Å². The van der Waals surface area contributed by atoms with E-state index in [1.807, 2.05) is 0 Å². The second kappa shape index (κ2) is 5.97. The minimum absolute atomic E-state index is 0.00830. The van der Waals surface area contributed by atoms with E-state index in [0.29, 0.717) is 5.56 Å². The van der Waals surface area contributed by atoms with E-state index in [1.165, 1.54) is 13.2 Å². The van der Waals surface area contributed by atoms with Gasteiger partial charge in [-0.25, -0.2) is 4.39 Å². The van der Waals surface area contributed by atoms with Crippen LogP contribution in [0.3, 0.4) is 0 Å². The minimum Gasteiger partial charge on any atom is -0.468 e. The first-order valence-corrected chi connectivity index (χ1v) is 5.01. The Kier molecular flexibility index (Phi) is 4.61. The Morgan fingerprint density at radius 1 is 1.59 bits per heavy atom. The van der Waals surface area contributed by atoms with Crippen molar-refractivity contribution >= 4 is 5.97 Å². The van der Waals surface area contributed by atoms with Crippen molar-refractivity contribution in [3.63, 3.8) is 0 Å². The molecule has 0 amide bonds. The van der Waals surface area contributed by atoms with E-state index < -0.39 is 5.82 Å². The Bertz CT molecular complexity index is 454. The zero-order valence-electron chi connectivity index (χ0n) is 9.74. The highest BCUT2D eigenvalue weighted by molar-refractivity contribution is 5.71. The zero-order chi connectivity index (χ0) is 12.8. The molecule has 1 rings (SSSR count).